The molecule has 1 aliphatic heterocycles. The minimum Gasteiger partial charge on any atom is -0.367 e. The molecule has 0 bridgehead atoms. The highest BCUT2D eigenvalue weighted by atomic mass is 19.4. The lowest BCUT2D eigenvalue weighted by atomic mass is 9.69. The number of nitrogens with one attached hydrogen (secondary N) is 1. The van der Waals surface area contributed by atoms with Crippen molar-refractivity contribution in [2.75, 3.05) is 26.2 Å². The van der Waals surface area contributed by atoms with E-state index in [0.717, 1.165) is 6.92 Å². The third-order valence-corrected chi connectivity index (χ3v) is 5.31. The molecule has 0 radical (unpaired) electrons. The Hall–Kier alpha value is -2.55. The van der Waals surface area contributed by atoms with Crippen LogP contribution in [0, 0.1) is 22.7 Å². The first-order valence-corrected chi connectivity index (χ1v) is 9.38. The van der Waals surface area contributed by atoms with E-state index in [4.69, 9.17) is 4.74 Å². The molecular weight excluding hydrogens is 429 g/mol. The van der Waals surface area contributed by atoms with Crippen molar-refractivity contribution in [2.45, 2.75) is 44.9 Å². The number of nitriles is 1. The van der Waals surface area contributed by atoms with Crippen molar-refractivity contribution in [3.05, 3.63) is 11.6 Å². The van der Waals surface area contributed by atoms with Crippen molar-refractivity contribution in [3.63, 3.8) is 0 Å². The maximum atomic E-state index is 13.0. The van der Waals surface area contributed by atoms with Crippen molar-refractivity contribution in [1.82, 2.24) is 10.2 Å². The van der Waals surface area contributed by atoms with Gasteiger partial charge in [0, 0.05) is 13.4 Å². The number of amides is 2. The zero-order valence-corrected chi connectivity index (χ0v) is 17.1. The maximum absolute atomic E-state index is 13.0. The van der Waals surface area contributed by atoms with Gasteiger partial charge < -0.3 is 15.0 Å². The molecule has 1 N–H and O–H groups in total. The second-order valence-electron chi connectivity index (χ2n) is 8.37. The summed E-state index contributed by atoms with van der Waals surface area (Å²) >= 11 is 0. The Bertz CT molecular complexity index is 853. The number of halogens is 5. The van der Waals surface area contributed by atoms with Gasteiger partial charge in [-0.05, 0) is 19.4 Å². The molecule has 1 spiro atoms. The number of hydrogen-bond acceptors (Lipinski definition) is 5. The fraction of sp³-hybridized carbons (Fsp3) is 0.684. The van der Waals surface area contributed by atoms with E-state index in [2.05, 4.69) is 0 Å². The Kier molecular flexibility index (Phi) is 6.52. The van der Waals surface area contributed by atoms with Gasteiger partial charge in [0.05, 0.1) is 25.3 Å². The summed E-state index contributed by atoms with van der Waals surface area (Å²) in [5.41, 5.74) is -2.22. The third-order valence-electron chi connectivity index (χ3n) is 5.31. The van der Waals surface area contributed by atoms with E-state index >= 15 is 0 Å². The van der Waals surface area contributed by atoms with Gasteiger partial charge in [0.2, 0.25) is 11.8 Å². The van der Waals surface area contributed by atoms with Crippen LogP contribution in [0.4, 0.5) is 22.0 Å². The van der Waals surface area contributed by atoms with E-state index in [9.17, 15) is 41.6 Å². The first-order valence-electron chi connectivity index (χ1n) is 9.38. The number of carbonyl (C=O) groups excluding carboxylic acids is 3. The number of allylic oxidation sites excluding steroid dienone is 1. The Labute approximate surface area is 176 Å². The summed E-state index contributed by atoms with van der Waals surface area (Å²) < 4.78 is 68.5. The van der Waals surface area contributed by atoms with E-state index in [1.54, 1.807) is 13.8 Å². The number of morpholine rings is 1. The number of Topliss-reactive ketones (excluding diaryl/α,β-unsaturated/α-hetero) is 1. The summed E-state index contributed by atoms with van der Waals surface area (Å²) in [6, 6.07) is 1.81. The van der Waals surface area contributed by atoms with Gasteiger partial charge in [-0.25, -0.2) is 0 Å². The molecule has 2 unspecified atom stereocenters. The van der Waals surface area contributed by atoms with Crippen LogP contribution in [0.2, 0.25) is 0 Å². The fourth-order valence-corrected chi connectivity index (χ4v) is 3.68. The van der Waals surface area contributed by atoms with Gasteiger partial charge in [-0.15, -0.1) is 0 Å². The molecule has 1 aliphatic carbocycles. The summed E-state index contributed by atoms with van der Waals surface area (Å²) in [6.07, 6.45) is -4.33. The number of alkyl halides is 5. The third kappa shape index (κ3) is 5.03. The number of ketones is 1. The number of carbonyl (C=O) groups is 3. The molecule has 1 saturated heterocycles. The van der Waals surface area contributed by atoms with Crippen LogP contribution in [0.3, 0.4) is 0 Å². The normalized spacial score (nSPS) is 24.9. The van der Waals surface area contributed by atoms with Crippen LogP contribution in [-0.2, 0) is 19.1 Å². The second-order valence-corrected chi connectivity index (χ2v) is 8.37. The molecule has 7 nitrogen and oxygen atoms in total. The summed E-state index contributed by atoms with van der Waals surface area (Å²) in [5.74, 6) is -9.10. The van der Waals surface area contributed by atoms with Crippen LogP contribution in [0.5, 0.6) is 0 Å². The Morgan fingerprint density at radius 1 is 1.35 bits per heavy atom. The Morgan fingerprint density at radius 2 is 1.97 bits per heavy atom. The average Bonchev–Trinajstić information content (AvgIpc) is 2.66. The second kappa shape index (κ2) is 8.18. The van der Waals surface area contributed by atoms with Crippen LogP contribution in [0.25, 0.3) is 0 Å². The zero-order valence-electron chi connectivity index (χ0n) is 17.1. The predicted octanol–water partition coefficient (Wildman–Crippen LogP) is 2.23. The Morgan fingerprint density at radius 3 is 2.52 bits per heavy atom. The summed E-state index contributed by atoms with van der Waals surface area (Å²) in [5, 5.41) is 10.7. The van der Waals surface area contributed by atoms with Crippen LogP contribution < -0.4 is 5.32 Å². The van der Waals surface area contributed by atoms with E-state index in [1.165, 1.54) is 16.3 Å². The van der Waals surface area contributed by atoms with Crippen molar-refractivity contribution in [2.24, 2.45) is 11.3 Å². The summed E-state index contributed by atoms with van der Waals surface area (Å²) in [4.78, 5) is 38.3. The van der Waals surface area contributed by atoms with Gasteiger partial charge in [-0.3, -0.25) is 14.4 Å². The lowest BCUT2D eigenvalue weighted by Gasteiger charge is -2.47. The largest absolute Gasteiger partial charge is 0.455 e. The average molecular weight is 453 g/mol. The molecule has 0 aromatic rings. The quantitative estimate of drug-likeness (QED) is 0.520. The minimum atomic E-state index is -5.83. The van der Waals surface area contributed by atoms with Crippen LogP contribution in [0.1, 0.15) is 28.6 Å². The van der Waals surface area contributed by atoms with Gasteiger partial charge in [0.1, 0.15) is 17.6 Å². The standard InChI is InChI=1S/C19H22F5N3O4.H2/c1-11(14(29)26-9-18(20,21)19(22,23)24)15(30)27-4-5-31-17(10-27)6-12(7-25)13(28)16(2,3)8-17;/h6,11H,4-5,8-10H2,1-3H3,(H,26,29);1H. The van der Waals surface area contributed by atoms with Crippen LogP contribution in [0.15, 0.2) is 11.6 Å². The first kappa shape index (κ1) is 24.7. The molecule has 12 heteroatoms. The first-order chi connectivity index (χ1) is 14.1. The number of nitrogens with zero attached hydrogens (tertiary/aromatic N) is 2. The minimum absolute atomic E-state index is 0. The van der Waals surface area contributed by atoms with Crippen molar-refractivity contribution >= 4 is 17.6 Å². The van der Waals surface area contributed by atoms with Crippen molar-refractivity contribution in [1.29, 1.82) is 5.26 Å². The van der Waals surface area contributed by atoms with Gasteiger partial charge in [0.15, 0.2) is 5.78 Å². The van der Waals surface area contributed by atoms with Gasteiger partial charge >= 0.3 is 12.1 Å². The molecule has 1 fully saturated rings. The molecule has 0 aromatic carbocycles. The molecular formula is C19H24F5N3O4. The number of rotatable bonds is 4. The molecule has 0 saturated carbocycles. The fourth-order valence-electron chi connectivity index (χ4n) is 3.68. The van der Waals surface area contributed by atoms with Crippen molar-refractivity contribution in [3.8, 4) is 6.07 Å². The highest BCUT2D eigenvalue weighted by molar-refractivity contribution is 6.04. The topological polar surface area (TPSA) is 99.5 Å². The molecule has 174 valence electrons. The number of ether oxygens (including phenoxy) is 1. The molecule has 2 aliphatic rings. The van der Waals surface area contributed by atoms with E-state index in [1.807, 2.05) is 6.07 Å². The van der Waals surface area contributed by atoms with E-state index in [0.29, 0.717) is 0 Å². The SMILES string of the molecule is CC(C(=O)NCC(F)(F)C(F)(F)F)C(=O)N1CCOC2(C=C(C#N)C(=O)C(C)(C)C2)C1.[HH]. The van der Waals surface area contributed by atoms with Crippen molar-refractivity contribution < 1.29 is 42.5 Å². The molecule has 1 heterocycles. The van der Waals surface area contributed by atoms with E-state index in [-0.39, 0.29) is 38.9 Å². The number of hydrogen-bond donors (Lipinski definition) is 1. The van der Waals surface area contributed by atoms with Crippen LogP contribution >= 0.6 is 0 Å². The van der Waals surface area contributed by atoms with Gasteiger partial charge in [-0.1, -0.05) is 13.8 Å². The molecule has 31 heavy (non-hydrogen) atoms. The molecule has 2 rings (SSSR count). The highest BCUT2D eigenvalue weighted by Gasteiger charge is 2.57. The molecule has 2 atom stereocenters. The molecule has 2 amide bonds. The Balaban J connectivity index is 0.00000512. The van der Waals surface area contributed by atoms with Gasteiger partial charge in [0.25, 0.3) is 0 Å². The summed E-state index contributed by atoms with van der Waals surface area (Å²) in [7, 11) is 0. The smallest absolute Gasteiger partial charge is 0.367 e. The monoisotopic (exact) mass is 453 g/mol. The lowest BCUT2D eigenvalue weighted by molar-refractivity contribution is -0.278. The predicted molar refractivity (Wildman–Crippen MR) is 97.7 cm³/mol. The van der Waals surface area contributed by atoms with E-state index < -0.39 is 47.4 Å². The highest BCUT2D eigenvalue weighted by Crippen LogP contribution is 2.41. The van der Waals surface area contributed by atoms with Gasteiger partial charge in [-0.2, -0.15) is 27.2 Å². The molecule has 0 aromatic heterocycles. The van der Waals surface area contributed by atoms with Crippen LogP contribution in [-0.4, -0.2) is 66.4 Å². The summed E-state index contributed by atoms with van der Waals surface area (Å²) in [6.45, 7) is 2.32. The zero-order chi connectivity index (χ0) is 23.8. The maximum Gasteiger partial charge on any atom is 0.455 e. The lowest BCUT2D eigenvalue weighted by Crippen LogP contribution is -2.58.